The minimum atomic E-state index is -0.386. The van der Waals surface area contributed by atoms with Crippen LogP contribution in [0.3, 0.4) is 0 Å². The van der Waals surface area contributed by atoms with E-state index in [9.17, 15) is 4.79 Å². The van der Waals surface area contributed by atoms with Gasteiger partial charge in [-0.05, 0) is 37.0 Å². The summed E-state index contributed by atoms with van der Waals surface area (Å²) >= 11 is 0. The van der Waals surface area contributed by atoms with Crippen molar-refractivity contribution in [2.24, 2.45) is 0 Å². The van der Waals surface area contributed by atoms with Crippen molar-refractivity contribution in [2.75, 3.05) is 38.1 Å². The van der Waals surface area contributed by atoms with Crippen LogP contribution in [0.15, 0.2) is 12.1 Å². The highest BCUT2D eigenvalue weighted by Crippen LogP contribution is 2.40. The molecule has 0 fully saturated rings. The summed E-state index contributed by atoms with van der Waals surface area (Å²) in [5, 5.41) is 2.72. The molecule has 5 N–H and O–H groups in total. The van der Waals surface area contributed by atoms with Crippen LogP contribution >= 0.6 is 0 Å². The number of amides is 1. The molecule has 27 heavy (non-hydrogen) atoms. The van der Waals surface area contributed by atoms with Gasteiger partial charge in [0.05, 0.1) is 27.2 Å². The van der Waals surface area contributed by atoms with Crippen molar-refractivity contribution in [3.63, 3.8) is 0 Å². The number of nitrogens with two attached hydrogens (primary N) is 2. The van der Waals surface area contributed by atoms with Crippen LogP contribution in [0.4, 0.5) is 17.6 Å². The standard InChI is InChI=1S/C18H23N5O4/c1-25-11-7-9(8-12(26-2)14(11)27-3)5-4-6-10-13-15(19)21-18(20)23-16(13)22-17(10)24/h7-8,10H,4-6H2,1-3H3,(H5,19,20,21,22,23,24). The minimum absolute atomic E-state index is 0.0459. The van der Waals surface area contributed by atoms with E-state index in [-0.39, 0.29) is 23.6 Å². The van der Waals surface area contributed by atoms with E-state index in [0.29, 0.717) is 35.1 Å². The number of methoxy groups -OCH3 is 3. The maximum Gasteiger partial charge on any atom is 0.233 e. The predicted octanol–water partition coefficient (Wildman–Crippen LogP) is 1.73. The number of anilines is 3. The van der Waals surface area contributed by atoms with Crippen molar-refractivity contribution in [1.29, 1.82) is 0 Å². The third-order valence-electron chi connectivity index (χ3n) is 4.58. The Bertz CT molecular complexity index is 846. The van der Waals surface area contributed by atoms with Crippen molar-refractivity contribution in [3.05, 3.63) is 23.3 Å². The Balaban J connectivity index is 1.74. The molecular weight excluding hydrogens is 350 g/mol. The summed E-state index contributed by atoms with van der Waals surface area (Å²) in [5.74, 6) is 1.92. The molecule has 0 saturated carbocycles. The van der Waals surface area contributed by atoms with Gasteiger partial charge in [-0.3, -0.25) is 4.79 Å². The van der Waals surface area contributed by atoms with Crippen LogP contribution in [0.25, 0.3) is 0 Å². The zero-order valence-electron chi connectivity index (χ0n) is 15.5. The number of hydrogen-bond donors (Lipinski definition) is 3. The molecule has 0 spiro atoms. The lowest BCUT2D eigenvalue weighted by atomic mass is 9.94. The Kier molecular flexibility index (Phi) is 5.20. The normalized spacial score (nSPS) is 15.2. The SMILES string of the molecule is COc1cc(CCCC2C(=O)Nc3nc(N)nc(N)c32)cc(OC)c1OC. The van der Waals surface area contributed by atoms with Gasteiger partial charge >= 0.3 is 0 Å². The van der Waals surface area contributed by atoms with Gasteiger partial charge in [0, 0.05) is 5.56 Å². The molecule has 1 aliphatic heterocycles. The molecule has 1 atom stereocenters. The van der Waals surface area contributed by atoms with Gasteiger partial charge in [-0.25, -0.2) is 0 Å². The van der Waals surface area contributed by atoms with Crippen LogP contribution in [-0.4, -0.2) is 37.2 Å². The number of aromatic nitrogens is 2. The molecule has 1 aromatic carbocycles. The van der Waals surface area contributed by atoms with Gasteiger partial charge in [-0.15, -0.1) is 0 Å². The quantitative estimate of drug-likeness (QED) is 0.668. The first-order valence-corrected chi connectivity index (χ1v) is 8.51. The molecule has 1 amide bonds. The summed E-state index contributed by atoms with van der Waals surface area (Å²) in [7, 11) is 4.72. The number of rotatable bonds is 7. The molecule has 0 aliphatic carbocycles. The number of hydrogen-bond acceptors (Lipinski definition) is 8. The average Bonchev–Trinajstić information content (AvgIpc) is 2.96. The number of fused-ring (bicyclic) bond motifs is 1. The zero-order chi connectivity index (χ0) is 19.6. The first kappa shape index (κ1) is 18.6. The van der Waals surface area contributed by atoms with Gasteiger partial charge in [0.1, 0.15) is 11.6 Å². The van der Waals surface area contributed by atoms with Crippen molar-refractivity contribution < 1.29 is 19.0 Å². The molecule has 0 bridgehead atoms. The number of nitrogen functional groups attached to an aromatic ring is 2. The summed E-state index contributed by atoms with van der Waals surface area (Å²) in [6.45, 7) is 0. The molecule has 3 rings (SSSR count). The second-order valence-corrected chi connectivity index (χ2v) is 6.20. The Morgan fingerprint density at radius 2 is 1.74 bits per heavy atom. The average molecular weight is 373 g/mol. The van der Waals surface area contributed by atoms with Crippen LogP contribution in [0.5, 0.6) is 17.2 Å². The van der Waals surface area contributed by atoms with E-state index in [4.69, 9.17) is 25.7 Å². The Morgan fingerprint density at radius 1 is 1.07 bits per heavy atom. The molecular formula is C18H23N5O4. The third-order valence-corrected chi connectivity index (χ3v) is 4.58. The first-order chi connectivity index (χ1) is 13.0. The summed E-state index contributed by atoms with van der Waals surface area (Å²) in [6.07, 6.45) is 2.08. The lowest BCUT2D eigenvalue weighted by molar-refractivity contribution is -0.117. The summed E-state index contributed by atoms with van der Waals surface area (Å²) in [5.41, 5.74) is 13.2. The zero-order valence-corrected chi connectivity index (χ0v) is 15.5. The van der Waals surface area contributed by atoms with Gasteiger partial charge in [0.15, 0.2) is 11.5 Å². The number of carbonyl (C=O) groups excluding carboxylic acids is 1. The number of nitrogens with zero attached hydrogens (tertiary/aromatic N) is 2. The molecule has 0 saturated heterocycles. The summed E-state index contributed by atoms with van der Waals surface area (Å²) < 4.78 is 16.1. The smallest absolute Gasteiger partial charge is 0.233 e. The van der Waals surface area contributed by atoms with E-state index in [1.54, 1.807) is 21.3 Å². The number of carbonyl (C=O) groups is 1. The fourth-order valence-electron chi connectivity index (χ4n) is 3.34. The number of aryl methyl sites for hydroxylation is 1. The van der Waals surface area contributed by atoms with Crippen LogP contribution in [0.1, 0.15) is 29.9 Å². The van der Waals surface area contributed by atoms with Crippen molar-refractivity contribution in [3.8, 4) is 17.2 Å². The molecule has 1 aliphatic rings. The molecule has 1 aromatic heterocycles. The van der Waals surface area contributed by atoms with E-state index < -0.39 is 0 Å². The molecule has 1 unspecified atom stereocenters. The monoisotopic (exact) mass is 373 g/mol. The maximum absolute atomic E-state index is 12.3. The fraction of sp³-hybridized carbons (Fsp3) is 0.389. The molecule has 2 heterocycles. The van der Waals surface area contributed by atoms with Gasteiger partial charge in [-0.1, -0.05) is 0 Å². The van der Waals surface area contributed by atoms with Gasteiger partial charge in [-0.2, -0.15) is 9.97 Å². The van der Waals surface area contributed by atoms with Crippen LogP contribution in [0, 0.1) is 0 Å². The maximum atomic E-state index is 12.3. The molecule has 144 valence electrons. The third kappa shape index (κ3) is 3.53. The Hall–Kier alpha value is -3.23. The number of ether oxygens (including phenoxy) is 3. The van der Waals surface area contributed by atoms with Gasteiger partial charge < -0.3 is 31.0 Å². The van der Waals surface area contributed by atoms with Crippen molar-refractivity contribution in [2.45, 2.75) is 25.2 Å². The number of benzene rings is 1. The molecule has 9 heteroatoms. The lowest BCUT2D eigenvalue weighted by Crippen LogP contribution is -2.13. The van der Waals surface area contributed by atoms with E-state index in [2.05, 4.69) is 15.3 Å². The molecule has 9 nitrogen and oxygen atoms in total. The highest BCUT2D eigenvalue weighted by molar-refractivity contribution is 6.03. The van der Waals surface area contributed by atoms with E-state index in [1.165, 1.54) is 0 Å². The van der Waals surface area contributed by atoms with E-state index >= 15 is 0 Å². The Morgan fingerprint density at radius 3 is 2.33 bits per heavy atom. The fourth-order valence-corrected chi connectivity index (χ4v) is 3.34. The first-order valence-electron chi connectivity index (χ1n) is 8.51. The van der Waals surface area contributed by atoms with E-state index in [0.717, 1.165) is 18.4 Å². The minimum Gasteiger partial charge on any atom is -0.493 e. The highest BCUT2D eigenvalue weighted by atomic mass is 16.5. The second kappa shape index (κ2) is 7.56. The second-order valence-electron chi connectivity index (χ2n) is 6.20. The predicted molar refractivity (Wildman–Crippen MR) is 101 cm³/mol. The van der Waals surface area contributed by atoms with Crippen LogP contribution in [0.2, 0.25) is 0 Å². The molecule has 2 aromatic rings. The van der Waals surface area contributed by atoms with Gasteiger partial charge in [0.2, 0.25) is 17.6 Å². The van der Waals surface area contributed by atoms with Crippen molar-refractivity contribution in [1.82, 2.24) is 9.97 Å². The molecule has 0 radical (unpaired) electrons. The lowest BCUT2D eigenvalue weighted by Gasteiger charge is -2.15. The van der Waals surface area contributed by atoms with Crippen LogP contribution < -0.4 is 31.0 Å². The number of nitrogens with one attached hydrogen (secondary N) is 1. The Labute approximate surface area is 157 Å². The summed E-state index contributed by atoms with van der Waals surface area (Å²) in [6, 6.07) is 3.81. The largest absolute Gasteiger partial charge is 0.493 e. The summed E-state index contributed by atoms with van der Waals surface area (Å²) in [4.78, 5) is 20.3. The van der Waals surface area contributed by atoms with E-state index in [1.807, 2.05) is 12.1 Å². The van der Waals surface area contributed by atoms with Crippen LogP contribution in [-0.2, 0) is 11.2 Å². The van der Waals surface area contributed by atoms with Crippen molar-refractivity contribution >= 4 is 23.5 Å². The highest BCUT2D eigenvalue weighted by Gasteiger charge is 2.34. The topological polar surface area (TPSA) is 135 Å². The van der Waals surface area contributed by atoms with Gasteiger partial charge in [0.25, 0.3) is 0 Å².